The van der Waals surface area contributed by atoms with Crippen molar-refractivity contribution in [2.75, 3.05) is 6.61 Å². The second-order valence-corrected chi connectivity index (χ2v) is 4.81. The number of imidazole rings is 1. The lowest BCUT2D eigenvalue weighted by molar-refractivity contribution is 0.300. The normalized spacial score (nSPS) is 10.3. The van der Waals surface area contributed by atoms with E-state index < -0.39 is 0 Å². The largest absolute Gasteiger partial charge is 0.494 e. The van der Waals surface area contributed by atoms with Crippen LogP contribution in [0.3, 0.4) is 0 Å². The van der Waals surface area contributed by atoms with Crippen LogP contribution in [0.5, 0.6) is 5.75 Å². The molecule has 0 aliphatic rings. The van der Waals surface area contributed by atoms with E-state index in [1.807, 2.05) is 12.4 Å². The summed E-state index contributed by atoms with van der Waals surface area (Å²) in [5.41, 5.74) is 0.654. The number of hydrogen-bond acceptors (Lipinski definition) is 3. The Morgan fingerprint density at radius 2 is 1.81 bits per heavy atom. The molecular weight excluding hydrogens is 266 g/mol. The Hall–Kier alpha value is -2.48. The molecule has 0 saturated heterocycles. The first kappa shape index (κ1) is 14.9. The fourth-order valence-corrected chi connectivity index (χ4v) is 2.09. The van der Waals surface area contributed by atoms with Crippen LogP contribution in [-0.4, -0.2) is 15.7 Å². The first-order valence-corrected chi connectivity index (χ1v) is 7.13. The van der Waals surface area contributed by atoms with E-state index in [2.05, 4.69) is 13.0 Å². The van der Waals surface area contributed by atoms with Crippen LogP contribution in [-0.2, 0) is 13.1 Å². The van der Waals surface area contributed by atoms with Gasteiger partial charge in [0.05, 0.1) is 18.2 Å². The van der Waals surface area contributed by atoms with Crippen molar-refractivity contribution in [1.29, 1.82) is 5.26 Å². The zero-order valence-corrected chi connectivity index (χ0v) is 12.2. The van der Waals surface area contributed by atoms with Gasteiger partial charge < -0.3 is 4.74 Å². The highest BCUT2D eigenvalue weighted by Gasteiger charge is 2.02. The molecule has 0 N–H and O–H groups in total. The van der Waals surface area contributed by atoms with E-state index >= 15 is 0 Å². The third-order valence-corrected chi connectivity index (χ3v) is 3.18. The highest BCUT2D eigenvalue weighted by Crippen LogP contribution is 2.11. The van der Waals surface area contributed by atoms with Gasteiger partial charge in [-0.2, -0.15) is 5.26 Å². The zero-order chi connectivity index (χ0) is 15.1. The highest BCUT2D eigenvalue weighted by atomic mass is 16.5. The molecular formula is C16H19N3O2. The van der Waals surface area contributed by atoms with Crippen molar-refractivity contribution in [3.8, 4) is 11.8 Å². The lowest BCUT2D eigenvalue weighted by Gasteiger charge is -2.06. The molecule has 1 aromatic heterocycles. The van der Waals surface area contributed by atoms with Crippen LogP contribution < -0.4 is 10.4 Å². The first-order valence-electron chi connectivity index (χ1n) is 7.13. The van der Waals surface area contributed by atoms with Crippen LogP contribution >= 0.6 is 0 Å². The van der Waals surface area contributed by atoms with E-state index in [9.17, 15) is 4.79 Å². The van der Waals surface area contributed by atoms with E-state index in [1.54, 1.807) is 33.4 Å². The second kappa shape index (κ2) is 7.34. The molecule has 0 radical (unpaired) electrons. The fourth-order valence-electron chi connectivity index (χ4n) is 2.09. The van der Waals surface area contributed by atoms with Gasteiger partial charge in [-0.1, -0.05) is 6.92 Å². The van der Waals surface area contributed by atoms with Crippen LogP contribution in [0, 0.1) is 11.3 Å². The molecule has 0 aliphatic carbocycles. The maximum atomic E-state index is 11.9. The van der Waals surface area contributed by atoms with Crippen molar-refractivity contribution in [2.24, 2.45) is 0 Å². The number of hydrogen-bond donors (Lipinski definition) is 0. The van der Waals surface area contributed by atoms with Gasteiger partial charge in [-0.05, 0) is 37.1 Å². The fraction of sp³-hybridized carbons (Fsp3) is 0.375. The third-order valence-electron chi connectivity index (χ3n) is 3.18. The second-order valence-electron chi connectivity index (χ2n) is 4.81. The number of aryl methyl sites for hydroxylation is 2. The predicted octanol–water partition coefficient (Wildman–Crippen LogP) is 2.40. The van der Waals surface area contributed by atoms with Gasteiger partial charge >= 0.3 is 5.69 Å². The van der Waals surface area contributed by atoms with Gasteiger partial charge in [0.2, 0.25) is 0 Å². The number of benzene rings is 1. The molecule has 0 unspecified atom stereocenters. The Labute approximate surface area is 124 Å². The number of ether oxygens (including phenoxy) is 1. The maximum Gasteiger partial charge on any atom is 0.328 e. The molecule has 2 rings (SSSR count). The van der Waals surface area contributed by atoms with Crippen molar-refractivity contribution in [3.05, 3.63) is 52.7 Å². The minimum absolute atomic E-state index is 0.0372. The third kappa shape index (κ3) is 3.99. The average molecular weight is 285 g/mol. The minimum Gasteiger partial charge on any atom is -0.494 e. The summed E-state index contributed by atoms with van der Waals surface area (Å²) in [6, 6.07) is 9.08. The van der Waals surface area contributed by atoms with Crippen LogP contribution in [0.2, 0.25) is 0 Å². The summed E-state index contributed by atoms with van der Waals surface area (Å²) in [4.78, 5) is 11.9. The summed E-state index contributed by atoms with van der Waals surface area (Å²) in [5, 5.41) is 8.71. The molecule has 5 nitrogen and oxygen atoms in total. The molecule has 110 valence electrons. The van der Waals surface area contributed by atoms with Gasteiger partial charge in [0.1, 0.15) is 5.75 Å². The Bertz CT molecular complexity index is 662. The Balaban J connectivity index is 1.79. The predicted molar refractivity (Wildman–Crippen MR) is 80.3 cm³/mol. The molecule has 5 heteroatoms. The first-order chi connectivity index (χ1) is 10.2. The van der Waals surface area contributed by atoms with Crippen molar-refractivity contribution in [1.82, 2.24) is 9.13 Å². The number of aromatic nitrogens is 2. The average Bonchev–Trinajstić information content (AvgIpc) is 2.86. The van der Waals surface area contributed by atoms with E-state index in [-0.39, 0.29) is 5.69 Å². The molecule has 0 bridgehead atoms. The zero-order valence-electron chi connectivity index (χ0n) is 12.2. The van der Waals surface area contributed by atoms with Gasteiger partial charge in [-0.25, -0.2) is 4.79 Å². The van der Waals surface area contributed by atoms with E-state index in [0.29, 0.717) is 18.7 Å². The number of nitrogens with zero attached hydrogens (tertiary/aromatic N) is 3. The van der Waals surface area contributed by atoms with Gasteiger partial charge in [0.15, 0.2) is 0 Å². The van der Waals surface area contributed by atoms with Crippen molar-refractivity contribution in [3.63, 3.8) is 0 Å². The lowest BCUT2D eigenvalue weighted by atomic mass is 10.2. The standard InChI is InChI=1S/C16H19N3O2/c1-2-8-18-10-11-19(16(18)20)9-3-12-21-15-6-4-14(13-17)5-7-15/h4-7,10-11H,2-3,8-9,12H2,1H3. The van der Waals surface area contributed by atoms with Crippen LogP contribution in [0.25, 0.3) is 0 Å². The molecule has 21 heavy (non-hydrogen) atoms. The Kier molecular flexibility index (Phi) is 5.22. The summed E-state index contributed by atoms with van der Waals surface area (Å²) < 4.78 is 9.02. The topological polar surface area (TPSA) is 59.9 Å². The molecule has 1 aromatic carbocycles. The van der Waals surface area contributed by atoms with Crippen molar-refractivity contribution in [2.45, 2.75) is 32.9 Å². The molecule has 0 fully saturated rings. The Morgan fingerprint density at radius 1 is 1.14 bits per heavy atom. The van der Waals surface area contributed by atoms with Crippen LogP contribution in [0.1, 0.15) is 25.3 Å². The van der Waals surface area contributed by atoms with Gasteiger partial charge in [0.25, 0.3) is 0 Å². The molecule has 1 heterocycles. The molecule has 0 aliphatic heterocycles. The Morgan fingerprint density at radius 3 is 2.43 bits per heavy atom. The minimum atomic E-state index is 0.0372. The smallest absolute Gasteiger partial charge is 0.328 e. The molecule has 0 saturated carbocycles. The van der Waals surface area contributed by atoms with Crippen molar-refractivity contribution >= 4 is 0 Å². The summed E-state index contributed by atoms with van der Waals surface area (Å²) in [6.45, 7) is 3.99. The molecule has 0 amide bonds. The number of rotatable bonds is 7. The summed E-state index contributed by atoms with van der Waals surface area (Å²) in [7, 11) is 0. The summed E-state index contributed by atoms with van der Waals surface area (Å²) >= 11 is 0. The van der Waals surface area contributed by atoms with Crippen molar-refractivity contribution < 1.29 is 4.74 Å². The summed E-state index contributed by atoms with van der Waals surface area (Å²) in [5.74, 6) is 0.741. The highest BCUT2D eigenvalue weighted by molar-refractivity contribution is 5.34. The maximum absolute atomic E-state index is 11.9. The van der Waals surface area contributed by atoms with Gasteiger partial charge in [-0.15, -0.1) is 0 Å². The quantitative estimate of drug-likeness (QED) is 0.734. The van der Waals surface area contributed by atoms with E-state index in [1.165, 1.54) is 0 Å². The lowest BCUT2D eigenvalue weighted by Crippen LogP contribution is -2.24. The molecule has 2 aromatic rings. The monoisotopic (exact) mass is 285 g/mol. The number of nitriles is 1. The van der Waals surface area contributed by atoms with E-state index in [4.69, 9.17) is 10.00 Å². The van der Waals surface area contributed by atoms with Crippen LogP contribution in [0.15, 0.2) is 41.5 Å². The molecule has 0 atom stereocenters. The molecule has 0 spiro atoms. The SMILES string of the molecule is CCCn1ccn(CCCOc2ccc(C#N)cc2)c1=O. The van der Waals surface area contributed by atoms with E-state index in [0.717, 1.165) is 25.1 Å². The van der Waals surface area contributed by atoms with Gasteiger partial charge in [-0.3, -0.25) is 9.13 Å². The van der Waals surface area contributed by atoms with Crippen LogP contribution in [0.4, 0.5) is 0 Å². The van der Waals surface area contributed by atoms with Gasteiger partial charge in [0, 0.05) is 25.5 Å². The summed E-state index contributed by atoms with van der Waals surface area (Å²) in [6.07, 6.45) is 5.36.